The first kappa shape index (κ1) is 15.2. The highest BCUT2D eigenvalue weighted by Crippen LogP contribution is 2.18. The molecule has 5 nitrogen and oxygen atoms in total. The molecule has 0 atom stereocenters. The van der Waals surface area contributed by atoms with Crippen molar-refractivity contribution in [2.45, 2.75) is 6.54 Å². The van der Waals surface area contributed by atoms with E-state index in [0.717, 1.165) is 22.2 Å². The monoisotopic (exact) mass is 331 g/mol. The van der Waals surface area contributed by atoms with E-state index in [2.05, 4.69) is 5.10 Å². The average molecular weight is 331 g/mol. The number of aromatic nitrogens is 2. The molecule has 2 aromatic heterocycles. The Morgan fingerprint density at radius 1 is 1.16 bits per heavy atom. The second-order valence-electron chi connectivity index (χ2n) is 5.95. The molecule has 2 aromatic carbocycles. The van der Waals surface area contributed by atoms with Crippen LogP contribution in [0.25, 0.3) is 16.7 Å². The van der Waals surface area contributed by atoms with Crippen molar-refractivity contribution in [3.63, 3.8) is 0 Å². The Kier molecular flexibility index (Phi) is 3.82. The molecule has 0 aliphatic carbocycles. The van der Waals surface area contributed by atoms with Crippen LogP contribution in [-0.2, 0) is 6.54 Å². The minimum absolute atomic E-state index is 0.0146. The molecule has 0 aliphatic rings. The molecule has 0 N–H and O–H groups in total. The van der Waals surface area contributed by atoms with E-state index in [1.807, 2.05) is 61.8 Å². The number of benzene rings is 2. The van der Waals surface area contributed by atoms with Gasteiger partial charge in [-0.2, -0.15) is 5.10 Å². The molecule has 0 saturated carbocycles. The highest BCUT2D eigenvalue weighted by molar-refractivity contribution is 5.97. The fourth-order valence-corrected chi connectivity index (χ4v) is 2.84. The summed E-state index contributed by atoms with van der Waals surface area (Å²) in [5.74, 6) is -0.0146. The van der Waals surface area contributed by atoms with Crippen LogP contribution in [0.2, 0.25) is 0 Å². The summed E-state index contributed by atoms with van der Waals surface area (Å²) < 4.78 is 7.12. The lowest BCUT2D eigenvalue weighted by atomic mass is 10.1. The topological polar surface area (TPSA) is 51.3 Å². The average Bonchev–Trinajstić information content (AvgIpc) is 3.32. The number of carbonyl (C=O) groups is 1. The number of fused-ring (bicyclic) bond motifs is 1. The highest BCUT2D eigenvalue weighted by Gasteiger charge is 2.13. The molecule has 0 saturated heterocycles. The van der Waals surface area contributed by atoms with Crippen molar-refractivity contribution >= 4 is 16.9 Å². The van der Waals surface area contributed by atoms with E-state index in [4.69, 9.17) is 4.42 Å². The van der Waals surface area contributed by atoms with Gasteiger partial charge >= 0.3 is 0 Å². The van der Waals surface area contributed by atoms with Crippen LogP contribution in [0, 0.1) is 0 Å². The number of hydrogen-bond donors (Lipinski definition) is 0. The Bertz CT molecular complexity index is 1000. The summed E-state index contributed by atoms with van der Waals surface area (Å²) in [5, 5.41) is 5.14. The number of amides is 1. The lowest BCUT2D eigenvalue weighted by molar-refractivity contribution is 0.0785. The fraction of sp³-hybridized carbons (Fsp3) is 0.100. The lowest BCUT2D eigenvalue weighted by Gasteiger charge is -2.17. The first-order chi connectivity index (χ1) is 12.2. The van der Waals surface area contributed by atoms with Gasteiger partial charge in [-0.25, -0.2) is 4.68 Å². The van der Waals surface area contributed by atoms with E-state index >= 15 is 0 Å². The molecule has 0 fully saturated rings. The van der Waals surface area contributed by atoms with E-state index in [1.54, 1.807) is 28.1 Å². The SMILES string of the molecule is CN(Cc1ccc(-n2cccn2)cc1)C(=O)c1ccc2occc2c1. The second-order valence-corrected chi connectivity index (χ2v) is 5.95. The Labute approximate surface area is 145 Å². The molecule has 0 aliphatic heterocycles. The van der Waals surface area contributed by atoms with Crippen LogP contribution in [-0.4, -0.2) is 27.6 Å². The van der Waals surface area contributed by atoms with Gasteiger partial charge in [0.15, 0.2) is 0 Å². The summed E-state index contributed by atoms with van der Waals surface area (Å²) in [4.78, 5) is 14.4. The van der Waals surface area contributed by atoms with Gasteiger partial charge in [0.25, 0.3) is 5.91 Å². The van der Waals surface area contributed by atoms with Crippen LogP contribution >= 0.6 is 0 Å². The smallest absolute Gasteiger partial charge is 0.253 e. The third-order valence-corrected chi connectivity index (χ3v) is 4.17. The van der Waals surface area contributed by atoms with Crippen molar-refractivity contribution in [3.8, 4) is 5.69 Å². The van der Waals surface area contributed by atoms with Crippen LogP contribution in [0.15, 0.2) is 77.7 Å². The van der Waals surface area contributed by atoms with E-state index in [1.165, 1.54) is 0 Å². The largest absolute Gasteiger partial charge is 0.464 e. The van der Waals surface area contributed by atoms with Crippen molar-refractivity contribution in [3.05, 3.63) is 84.4 Å². The van der Waals surface area contributed by atoms with Gasteiger partial charge in [-0.3, -0.25) is 4.79 Å². The maximum Gasteiger partial charge on any atom is 0.253 e. The number of carbonyl (C=O) groups excluding carboxylic acids is 1. The van der Waals surface area contributed by atoms with Gasteiger partial charge in [0, 0.05) is 36.9 Å². The molecule has 0 spiro atoms. The number of rotatable bonds is 4. The zero-order valence-electron chi connectivity index (χ0n) is 13.8. The van der Waals surface area contributed by atoms with Crippen molar-refractivity contribution < 1.29 is 9.21 Å². The maximum atomic E-state index is 12.6. The summed E-state index contributed by atoms with van der Waals surface area (Å²) in [5.41, 5.74) is 3.50. The number of furan rings is 1. The van der Waals surface area contributed by atoms with E-state index in [-0.39, 0.29) is 5.91 Å². The molecule has 1 amide bonds. The molecule has 4 rings (SSSR count). The molecular formula is C20H17N3O2. The molecular weight excluding hydrogens is 314 g/mol. The third kappa shape index (κ3) is 3.04. The highest BCUT2D eigenvalue weighted by atomic mass is 16.3. The van der Waals surface area contributed by atoms with Crippen molar-refractivity contribution in [1.82, 2.24) is 14.7 Å². The quantitative estimate of drug-likeness (QED) is 0.570. The molecule has 25 heavy (non-hydrogen) atoms. The summed E-state index contributed by atoms with van der Waals surface area (Å²) in [6.45, 7) is 0.543. The first-order valence-electron chi connectivity index (χ1n) is 8.02. The zero-order valence-corrected chi connectivity index (χ0v) is 13.8. The van der Waals surface area contributed by atoms with E-state index < -0.39 is 0 Å². The lowest BCUT2D eigenvalue weighted by Crippen LogP contribution is -2.26. The van der Waals surface area contributed by atoms with Gasteiger partial charge in [0.05, 0.1) is 12.0 Å². The van der Waals surface area contributed by atoms with Gasteiger partial charge in [-0.05, 0) is 48.0 Å². The summed E-state index contributed by atoms with van der Waals surface area (Å²) in [6, 6.07) is 17.3. The molecule has 0 unspecified atom stereocenters. The summed E-state index contributed by atoms with van der Waals surface area (Å²) in [7, 11) is 1.81. The van der Waals surface area contributed by atoms with Crippen molar-refractivity contribution in [1.29, 1.82) is 0 Å². The molecule has 2 heterocycles. The summed E-state index contributed by atoms with van der Waals surface area (Å²) >= 11 is 0. The Morgan fingerprint density at radius 3 is 2.76 bits per heavy atom. The maximum absolute atomic E-state index is 12.6. The fourth-order valence-electron chi connectivity index (χ4n) is 2.84. The molecule has 0 radical (unpaired) electrons. The minimum Gasteiger partial charge on any atom is -0.464 e. The van der Waals surface area contributed by atoms with Crippen LogP contribution in [0.4, 0.5) is 0 Å². The van der Waals surface area contributed by atoms with Crippen LogP contribution in [0.3, 0.4) is 0 Å². The van der Waals surface area contributed by atoms with Gasteiger partial charge in [-0.1, -0.05) is 12.1 Å². The Morgan fingerprint density at radius 2 is 2.00 bits per heavy atom. The van der Waals surface area contributed by atoms with Gasteiger partial charge in [0.1, 0.15) is 5.58 Å². The molecule has 124 valence electrons. The third-order valence-electron chi connectivity index (χ3n) is 4.17. The number of hydrogen-bond acceptors (Lipinski definition) is 3. The second kappa shape index (κ2) is 6.28. The molecule has 0 bridgehead atoms. The van der Waals surface area contributed by atoms with Gasteiger partial charge in [-0.15, -0.1) is 0 Å². The molecule has 5 heteroatoms. The van der Waals surface area contributed by atoms with Gasteiger partial charge in [0.2, 0.25) is 0 Å². The van der Waals surface area contributed by atoms with Gasteiger partial charge < -0.3 is 9.32 Å². The van der Waals surface area contributed by atoms with Crippen LogP contribution in [0.5, 0.6) is 0 Å². The van der Waals surface area contributed by atoms with Crippen LogP contribution in [0.1, 0.15) is 15.9 Å². The predicted octanol–water partition coefficient (Wildman–Crippen LogP) is 3.89. The predicted molar refractivity (Wildman–Crippen MR) is 95.6 cm³/mol. The summed E-state index contributed by atoms with van der Waals surface area (Å²) in [6.07, 6.45) is 5.28. The minimum atomic E-state index is -0.0146. The van der Waals surface area contributed by atoms with Crippen LogP contribution < -0.4 is 0 Å². The standard InChI is InChI=1S/C20H17N3O2/c1-22(20(24)17-5-8-19-16(13-17)9-12-25-19)14-15-3-6-18(7-4-15)23-11-2-10-21-23/h2-13H,14H2,1H3. The number of nitrogens with zero attached hydrogens (tertiary/aromatic N) is 3. The molecule has 4 aromatic rings. The normalized spacial score (nSPS) is 10.9. The van der Waals surface area contributed by atoms with Crippen molar-refractivity contribution in [2.75, 3.05) is 7.05 Å². The van der Waals surface area contributed by atoms with Crippen molar-refractivity contribution in [2.24, 2.45) is 0 Å². The van der Waals surface area contributed by atoms with E-state index in [0.29, 0.717) is 12.1 Å². The Balaban J connectivity index is 1.49. The Hall–Kier alpha value is -3.34. The van der Waals surface area contributed by atoms with E-state index in [9.17, 15) is 4.79 Å². The first-order valence-corrected chi connectivity index (χ1v) is 8.02. The zero-order chi connectivity index (χ0) is 17.2.